The molecule has 2 aromatic rings. The van der Waals surface area contributed by atoms with Crippen LogP contribution in [0.15, 0.2) is 27.5 Å². The molecule has 1 N–H and O–H groups in total. The van der Waals surface area contributed by atoms with Crippen molar-refractivity contribution in [2.45, 2.75) is 50.1 Å². The lowest BCUT2D eigenvalue weighted by Crippen LogP contribution is -2.59. The topological polar surface area (TPSA) is 88.8 Å². The number of carbonyl (C=O) groups is 1. The zero-order chi connectivity index (χ0) is 19.2. The van der Waals surface area contributed by atoms with Gasteiger partial charge in [-0.3, -0.25) is 0 Å². The summed E-state index contributed by atoms with van der Waals surface area (Å²) < 4.78 is 38.6. The molecular formula is C19H24N2O5S. The molecule has 27 heavy (non-hydrogen) atoms. The molecule has 1 aromatic carbocycles. The molecule has 2 saturated heterocycles. The molecule has 2 aliphatic rings. The van der Waals surface area contributed by atoms with Crippen LogP contribution in [0.4, 0.5) is 0 Å². The van der Waals surface area contributed by atoms with Gasteiger partial charge in [0.1, 0.15) is 5.58 Å². The molecule has 4 rings (SSSR count). The summed E-state index contributed by atoms with van der Waals surface area (Å²) in [5.74, 6) is -0.413. The Hall–Kier alpha value is -1.90. The molecule has 0 spiro atoms. The minimum atomic E-state index is -3.60. The summed E-state index contributed by atoms with van der Waals surface area (Å²) in [6.45, 7) is 4.71. The number of nitrogens with one attached hydrogen (secondary N) is 1. The van der Waals surface area contributed by atoms with Gasteiger partial charge in [0.05, 0.1) is 11.5 Å². The zero-order valence-corrected chi connectivity index (χ0v) is 16.3. The van der Waals surface area contributed by atoms with E-state index in [0.717, 1.165) is 19.3 Å². The number of rotatable bonds is 4. The maximum atomic E-state index is 13.2. The van der Waals surface area contributed by atoms with Gasteiger partial charge in [0.25, 0.3) is 0 Å². The van der Waals surface area contributed by atoms with Crippen LogP contribution < -0.4 is 5.32 Å². The van der Waals surface area contributed by atoms with Crippen LogP contribution >= 0.6 is 0 Å². The summed E-state index contributed by atoms with van der Waals surface area (Å²) in [6.07, 6.45) is 3.16. The average molecular weight is 392 g/mol. The monoisotopic (exact) mass is 392 g/mol. The van der Waals surface area contributed by atoms with Gasteiger partial charge in [-0.15, -0.1) is 0 Å². The van der Waals surface area contributed by atoms with Crippen molar-refractivity contribution in [1.82, 2.24) is 9.62 Å². The van der Waals surface area contributed by atoms with Crippen LogP contribution in [-0.4, -0.2) is 50.5 Å². The number of hydrogen-bond donors (Lipinski definition) is 1. The lowest BCUT2D eigenvalue weighted by Gasteiger charge is -2.41. The van der Waals surface area contributed by atoms with Crippen molar-refractivity contribution in [1.29, 1.82) is 0 Å². The van der Waals surface area contributed by atoms with Gasteiger partial charge in [0, 0.05) is 36.1 Å². The molecule has 1 aromatic heterocycles. The number of aryl methyl sites for hydroxylation is 1. The summed E-state index contributed by atoms with van der Waals surface area (Å²) >= 11 is 0. The van der Waals surface area contributed by atoms with Crippen molar-refractivity contribution in [2.24, 2.45) is 0 Å². The molecule has 146 valence electrons. The third-order valence-corrected chi connectivity index (χ3v) is 7.26. The Morgan fingerprint density at radius 3 is 2.67 bits per heavy atom. The number of hydrogen-bond acceptors (Lipinski definition) is 6. The fourth-order valence-corrected chi connectivity index (χ4v) is 5.62. The Balaban J connectivity index is 1.68. The first kappa shape index (κ1) is 18.5. The Morgan fingerprint density at radius 1 is 1.30 bits per heavy atom. The van der Waals surface area contributed by atoms with Gasteiger partial charge < -0.3 is 14.5 Å². The third-order valence-electron chi connectivity index (χ3n) is 5.43. The second-order valence-electron chi connectivity index (χ2n) is 7.25. The van der Waals surface area contributed by atoms with E-state index < -0.39 is 16.0 Å². The van der Waals surface area contributed by atoms with E-state index in [1.807, 2.05) is 0 Å². The van der Waals surface area contributed by atoms with E-state index in [1.165, 1.54) is 0 Å². The molecule has 3 heterocycles. The lowest BCUT2D eigenvalue weighted by molar-refractivity contribution is 0.0491. The minimum absolute atomic E-state index is 0.123. The summed E-state index contributed by atoms with van der Waals surface area (Å²) in [5, 5.41) is 4.12. The third kappa shape index (κ3) is 3.26. The van der Waals surface area contributed by atoms with Crippen molar-refractivity contribution < 1.29 is 22.4 Å². The fourth-order valence-electron chi connectivity index (χ4n) is 4.06. The number of piperidine rings is 1. The smallest absolute Gasteiger partial charge is 0.374 e. The highest BCUT2D eigenvalue weighted by atomic mass is 32.2. The van der Waals surface area contributed by atoms with Crippen LogP contribution in [0.3, 0.4) is 0 Å². The van der Waals surface area contributed by atoms with Crippen LogP contribution in [-0.2, 0) is 14.8 Å². The first-order chi connectivity index (χ1) is 12.9. The van der Waals surface area contributed by atoms with Gasteiger partial charge in [0.2, 0.25) is 15.8 Å². The van der Waals surface area contributed by atoms with Crippen molar-refractivity contribution in [3.05, 3.63) is 29.5 Å². The maximum absolute atomic E-state index is 13.2. The van der Waals surface area contributed by atoms with Crippen molar-refractivity contribution in [2.75, 3.05) is 19.7 Å². The van der Waals surface area contributed by atoms with Crippen LogP contribution in [0.25, 0.3) is 11.0 Å². The van der Waals surface area contributed by atoms with Crippen molar-refractivity contribution in [3.63, 3.8) is 0 Å². The molecule has 0 saturated carbocycles. The normalized spacial score (nSPS) is 23.5. The van der Waals surface area contributed by atoms with Gasteiger partial charge in [-0.2, -0.15) is 4.31 Å². The Labute approximate surface area is 158 Å². The highest BCUT2D eigenvalue weighted by Crippen LogP contribution is 2.31. The number of furan rings is 1. The Kier molecular flexibility index (Phi) is 4.73. The largest absolute Gasteiger partial charge is 0.460 e. The van der Waals surface area contributed by atoms with Crippen LogP contribution in [0.1, 0.15) is 42.3 Å². The van der Waals surface area contributed by atoms with Gasteiger partial charge in [-0.25, -0.2) is 13.2 Å². The summed E-state index contributed by atoms with van der Waals surface area (Å²) in [7, 11) is -3.60. The molecule has 2 atom stereocenters. The Bertz CT molecular complexity index is 969. The summed E-state index contributed by atoms with van der Waals surface area (Å²) in [4.78, 5) is 12.3. The van der Waals surface area contributed by atoms with Gasteiger partial charge in [-0.1, -0.05) is 6.42 Å². The van der Waals surface area contributed by atoms with E-state index in [0.29, 0.717) is 29.6 Å². The minimum Gasteiger partial charge on any atom is -0.460 e. The fraction of sp³-hybridized carbons (Fsp3) is 0.526. The molecule has 0 radical (unpaired) electrons. The summed E-state index contributed by atoms with van der Waals surface area (Å²) in [6, 6.07) is 5.21. The van der Waals surface area contributed by atoms with E-state index in [9.17, 15) is 13.2 Å². The van der Waals surface area contributed by atoms with Crippen LogP contribution in [0, 0.1) is 6.92 Å². The van der Waals surface area contributed by atoms with Gasteiger partial charge in [0.15, 0.2) is 0 Å². The average Bonchev–Trinajstić information content (AvgIpc) is 2.98. The molecule has 8 heteroatoms. The molecule has 2 unspecified atom stereocenters. The highest BCUT2D eigenvalue weighted by Gasteiger charge is 2.36. The summed E-state index contributed by atoms with van der Waals surface area (Å²) in [5.41, 5.74) is 1.07. The van der Waals surface area contributed by atoms with E-state index >= 15 is 0 Å². The number of ether oxygens (including phenoxy) is 1. The van der Waals surface area contributed by atoms with Crippen LogP contribution in [0.2, 0.25) is 0 Å². The quantitative estimate of drug-likeness (QED) is 0.804. The second-order valence-corrected chi connectivity index (χ2v) is 9.19. The van der Waals surface area contributed by atoms with E-state index in [4.69, 9.17) is 9.15 Å². The number of fused-ring (bicyclic) bond motifs is 3. The number of benzene rings is 1. The van der Waals surface area contributed by atoms with E-state index in [1.54, 1.807) is 36.4 Å². The second kappa shape index (κ2) is 6.92. The number of piperazine rings is 1. The number of esters is 1. The van der Waals surface area contributed by atoms with Gasteiger partial charge in [-0.05, 0) is 44.9 Å². The Morgan fingerprint density at radius 2 is 2.00 bits per heavy atom. The molecular weight excluding hydrogens is 368 g/mol. The maximum Gasteiger partial charge on any atom is 0.374 e. The number of nitrogens with zero attached hydrogens (tertiary/aromatic N) is 1. The first-order valence-corrected chi connectivity index (χ1v) is 10.8. The zero-order valence-electron chi connectivity index (χ0n) is 15.5. The van der Waals surface area contributed by atoms with Crippen molar-refractivity contribution in [3.8, 4) is 0 Å². The first-order valence-electron chi connectivity index (χ1n) is 9.36. The standard InChI is InChI=1S/C19H24N2O5S/c1-3-25-19(22)18-12(2)16-9-15(7-8-17(16)26-18)27(23,24)21-10-13-5-4-6-14(11-21)20-13/h7-9,13-14,20H,3-6,10-11H2,1-2H3. The molecule has 0 aliphatic carbocycles. The van der Waals surface area contributed by atoms with E-state index in [-0.39, 0.29) is 29.3 Å². The molecule has 7 nitrogen and oxygen atoms in total. The van der Waals surface area contributed by atoms with E-state index in [2.05, 4.69) is 5.32 Å². The predicted octanol–water partition coefficient (Wildman–Crippen LogP) is 2.43. The highest BCUT2D eigenvalue weighted by molar-refractivity contribution is 7.89. The predicted molar refractivity (Wildman–Crippen MR) is 100 cm³/mol. The van der Waals surface area contributed by atoms with Gasteiger partial charge >= 0.3 is 5.97 Å². The molecule has 0 amide bonds. The van der Waals surface area contributed by atoms with Crippen molar-refractivity contribution >= 4 is 27.0 Å². The molecule has 2 bridgehead atoms. The lowest BCUT2D eigenvalue weighted by atomic mass is 9.96. The SMILES string of the molecule is CCOC(=O)c1oc2ccc(S(=O)(=O)N3CC4CCCC(C3)N4)cc2c1C. The molecule has 2 aliphatic heterocycles. The number of sulfonamides is 1. The van der Waals surface area contributed by atoms with Crippen LogP contribution in [0.5, 0.6) is 0 Å². The molecule has 2 fully saturated rings. The number of carbonyl (C=O) groups excluding carboxylic acids is 1.